The summed E-state index contributed by atoms with van der Waals surface area (Å²) in [6.07, 6.45) is 1.42. The molecule has 0 unspecified atom stereocenters. The number of benzene rings is 1. The van der Waals surface area contributed by atoms with Crippen LogP contribution in [-0.4, -0.2) is 17.9 Å². The number of halogens is 2. The van der Waals surface area contributed by atoms with Gasteiger partial charge in [-0.2, -0.15) is 0 Å². The number of aromatic nitrogens is 1. The molecule has 104 valence electrons. The van der Waals surface area contributed by atoms with Crippen molar-refractivity contribution < 1.29 is 9.18 Å². The third-order valence-corrected chi connectivity index (χ3v) is 3.03. The second-order valence-electron chi connectivity index (χ2n) is 4.34. The zero-order valence-electron chi connectivity index (χ0n) is 10.8. The van der Waals surface area contributed by atoms with Crippen LogP contribution in [0.15, 0.2) is 36.5 Å². The Labute approximate surface area is 121 Å². The summed E-state index contributed by atoms with van der Waals surface area (Å²) in [5.74, 6) is -0.575. The first-order chi connectivity index (χ1) is 9.49. The first kappa shape index (κ1) is 14.3. The van der Waals surface area contributed by atoms with E-state index >= 15 is 0 Å². The third-order valence-electron chi connectivity index (χ3n) is 2.83. The molecule has 0 saturated heterocycles. The quantitative estimate of drug-likeness (QED) is 0.942. The third kappa shape index (κ3) is 3.05. The minimum atomic E-state index is -0.629. The highest BCUT2D eigenvalue weighted by molar-refractivity contribution is 6.31. The predicted molar refractivity (Wildman–Crippen MR) is 76.3 cm³/mol. The van der Waals surface area contributed by atoms with Crippen LogP contribution in [-0.2, 0) is 6.54 Å². The van der Waals surface area contributed by atoms with Gasteiger partial charge in [-0.05, 0) is 12.1 Å². The van der Waals surface area contributed by atoms with Crippen LogP contribution in [0.1, 0.15) is 15.9 Å². The summed E-state index contributed by atoms with van der Waals surface area (Å²) in [6, 6.07) is 7.87. The minimum Gasteiger partial charge on any atom is -0.365 e. The van der Waals surface area contributed by atoms with Crippen molar-refractivity contribution in [3.05, 3.63) is 58.5 Å². The Morgan fingerprint density at radius 3 is 2.80 bits per heavy atom. The Kier molecular flexibility index (Phi) is 4.20. The highest BCUT2D eigenvalue weighted by Crippen LogP contribution is 2.22. The average molecular weight is 294 g/mol. The van der Waals surface area contributed by atoms with Crippen molar-refractivity contribution in [2.75, 3.05) is 11.9 Å². The molecular weight excluding hydrogens is 281 g/mol. The van der Waals surface area contributed by atoms with Gasteiger partial charge >= 0.3 is 0 Å². The van der Waals surface area contributed by atoms with E-state index in [0.29, 0.717) is 16.4 Å². The van der Waals surface area contributed by atoms with E-state index in [1.54, 1.807) is 30.1 Å². The Morgan fingerprint density at radius 1 is 1.45 bits per heavy atom. The Bertz CT molecular complexity index is 648. The molecule has 0 bridgehead atoms. The summed E-state index contributed by atoms with van der Waals surface area (Å²) < 4.78 is 13.6. The molecule has 0 fully saturated rings. The van der Waals surface area contributed by atoms with Crippen molar-refractivity contribution in [1.82, 2.24) is 4.98 Å². The van der Waals surface area contributed by atoms with E-state index in [2.05, 4.69) is 4.98 Å². The first-order valence-electron chi connectivity index (χ1n) is 5.89. The Morgan fingerprint density at radius 2 is 2.15 bits per heavy atom. The van der Waals surface area contributed by atoms with Gasteiger partial charge in [0.25, 0.3) is 5.91 Å². The van der Waals surface area contributed by atoms with Crippen molar-refractivity contribution in [1.29, 1.82) is 0 Å². The van der Waals surface area contributed by atoms with Crippen molar-refractivity contribution in [2.24, 2.45) is 5.73 Å². The summed E-state index contributed by atoms with van der Waals surface area (Å²) in [7, 11) is 1.70. The molecule has 0 aliphatic carbocycles. The van der Waals surface area contributed by atoms with Crippen molar-refractivity contribution in [3.8, 4) is 0 Å². The lowest BCUT2D eigenvalue weighted by Crippen LogP contribution is -2.23. The SMILES string of the molecule is CN(Cc1ccccc1F)c1ncc(Cl)cc1C(N)=O. The number of nitrogens with two attached hydrogens (primary N) is 1. The van der Waals surface area contributed by atoms with Crippen molar-refractivity contribution in [2.45, 2.75) is 6.54 Å². The number of carbonyl (C=O) groups is 1. The van der Waals surface area contributed by atoms with Gasteiger partial charge in [0.1, 0.15) is 11.6 Å². The highest BCUT2D eigenvalue weighted by atomic mass is 35.5. The van der Waals surface area contributed by atoms with Gasteiger partial charge in [-0.15, -0.1) is 0 Å². The van der Waals surface area contributed by atoms with E-state index in [1.807, 2.05) is 0 Å². The Hall–Kier alpha value is -2.14. The number of hydrogen-bond acceptors (Lipinski definition) is 3. The smallest absolute Gasteiger partial charge is 0.252 e. The number of rotatable bonds is 4. The topological polar surface area (TPSA) is 59.2 Å². The van der Waals surface area contributed by atoms with E-state index in [0.717, 1.165) is 0 Å². The maximum Gasteiger partial charge on any atom is 0.252 e. The fourth-order valence-corrected chi connectivity index (χ4v) is 2.03. The summed E-state index contributed by atoms with van der Waals surface area (Å²) in [5.41, 5.74) is 6.01. The molecule has 1 aromatic heterocycles. The average Bonchev–Trinajstić information content (AvgIpc) is 2.41. The second kappa shape index (κ2) is 5.88. The molecule has 6 heteroatoms. The van der Waals surface area contributed by atoms with E-state index in [9.17, 15) is 9.18 Å². The zero-order valence-corrected chi connectivity index (χ0v) is 11.6. The van der Waals surface area contributed by atoms with Crippen LogP contribution in [0.5, 0.6) is 0 Å². The molecule has 1 aromatic carbocycles. The van der Waals surface area contributed by atoms with Crippen molar-refractivity contribution >= 4 is 23.3 Å². The first-order valence-corrected chi connectivity index (χ1v) is 6.26. The number of nitrogens with zero attached hydrogens (tertiary/aromatic N) is 2. The summed E-state index contributed by atoms with van der Waals surface area (Å²) >= 11 is 5.80. The molecule has 0 aliphatic rings. The largest absolute Gasteiger partial charge is 0.365 e. The van der Waals surface area contributed by atoms with Crippen LogP contribution in [0, 0.1) is 5.82 Å². The van der Waals surface area contributed by atoms with Crippen LogP contribution in [0.4, 0.5) is 10.2 Å². The van der Waals surface area contributed by atoms with E-state index in [4.69, 9.17) is 17.3 Å². The maximum absolute atomic E-state index is 13.6. The van der Waals surface area contributed by atoms with Gasteiger partial charge in [0.2, 0.25) is 0 Å². The molecule has 2 aromatic rings. The van der Waals surface area contributed by atoms with E-state index in [1.165, 1.54) is 18.3 Å². The van der Waals surface area contributed by atoms with Gasteiger partial charge in [0.05, 0.1) is 10.6 Å². The summed E-state index contributed by atoms with van der Waals surface area (Å²) in [6.45, 7) is 0.265. The number of amides is 1. The number of anilines is 1. The van der Waals surface area contributed by atoms with Crippen LogP contribution in [0.25, 0.3) is 0 Å². The molecule has 2 rings (SSSR count). The van der Waals surface area contributed by atoms with Gasteiger partial charge in [0.15, 0.2) is 0 Å². The van der Waals surface area contributed by atoms with Crippen molar-refractivity contribution in [3.63, 3.8) is 0 Å². The van der Waals surface area contributed by atoms with Crippen LogP contribution in [0.3, 0.4) is 0 Å². The monoisotopic (exact) mass is 293 g/mol. The maximum atomic E-state index is 13.6. The second-order valence-corrected chi connectivity index (χ2v) is 4.77. The lowest BCUT2D eigenvalue weighted by atomic mass is 10.2. The molecule has 0 saturated carbocycles. The molecule has 0 radical (unpaired) electrons. The number of pyridine rings is 1. The normalized spacial score (nSPS) is 10.3. The summed E-state index contributed by atoms with van der Waals surface area (Å²) in [4.78, 5) is 17.2. The van der Waals surface area contributed by atoms with Gasteiger partial charge in [-0.1, -0.05) is 29.8 Å². The number of primary amides is 1. The van der Waals surface area contributed by atoms with Crippen LogP contribution in [0.2, 0.25) is 5.02 Å². The lowest BCUT2D eigenvalue weighted by Gasteiger charge is -2.20. The van der Waals surface area contributed by atoms with E-state index < -0.39 is 5.91 Å². The molecule has 4 nitrogen and oxygen atoms in total. The van der Waals surface area contributed by atoms with Gasteiger partial charge in [-0.3, -0.25) is 4.79 Å². The van der Waals surface area contributed by atoms with Gasteiger partial charge < -0.3 is 10.6 Å². The summed E-state index contributed by atoms with van der Waals surface area (Å²) in [5, 5.41) is 0.321. The molecule has 20 heavy (non-hydrogen) atoms. The van der Waals surface area contributed by atoms with E-state index in [-0.39, 0.29) is 17.9 Å². The Balaban J connectivity index is 2.32. The zero-order chi connectivity index (χ0) is 14.7. The van der Waals surface area contributed by atoms with Gasteiger partial charge in [-0.25, -0.2) is 9.37 Å². The lowest BCUT2D eigenvalue weighted by molar-refractivity contribution is 0.100. The fraction of sp³-hybridized carbons (Fsp3) is 0.143. The molecule has 1 amide bonds. The molecule has 0 spiro atoms. The predicted octanol–water partition coefficient (Wildman–Crippen LogP) is 2.61. The molecule has 0 aliphatic heterocycles. The molecule has 1 heterocycles. The molecule has 0 atom stereocenters. The standard InChI is InChI=1S/C14H13ClFN3O/c1-19(8-9-4-2-3-5-12(9)16)14-11(13(17)20)6-10(15)7-18-14/h2-7H,8H2,1H3,(H2,17,20). The minimum absolute atomic E-state index is 0.205. The van der Waals surface area contributed by atoms with Crippen LogP contribution >= 0.6 is 11.6 Å². The number of carbonyl (C=O) groups excluding carboxylic acids is 1. The fourth-order valence-electron chi connectivity index (χ4n) is 1.87. The molecular formula is C14H13ClFN3O. The van der Waals surface area contributed by atoms with Crippen LogP contribution < -0.4 is 10.6 Å². The highest BCUT2D eigenvalue weighted by Gasteiger charge is 2.15. The molecule has 2 N–H and O–H groups in total. The van der Waals surface area contributed by atoms with Gasteiger partial charge in [0, 0.05) is 25.4 Å². The number of hydrogen-bond donors (Lipinski definition) is 1.